The van der Waals surface area contributed by atoms with Gasteiger partial charge in [-0.1, -0.05) is 47.8 Å². The third-order valence-electron chi connectivity index (χ3n) is 2.76. The van der Waals surface area contributed by atoms with Gasteiger partial charge in [-0.2, -0.15) is 0 Å². The first-order valence-electron chi connectivity index (χ1n) is 6.30. The molecule has 0 bridgehead atoms. The Bertz CT molecular complexity index is 496. The van der Waals surface area contributed by atoms with Crippen LogP contribution in [0.25, 0.3) is 0 Å². The van der Waals surface area contributed by atoms with Crippen molar-refractivity contribution in [1.82, 2.24) is 0 Å². The van der Waals surface area contributed by atoms with Crippen LogP contribution in [-0.2, 0) is 28.6 Å². The van der Waals surface area contributed by atoms with Gasteiger partial charge in [-0.15, -0.1) is 0 Å². The van der Waals surface area contributed by atoms with Crippen LogP contribution in [-0.4, -0.2) is 38.4 Å². The van der Waals surface area contributed by atoms with E-state index in [1.165, 1.54) is 20.8 Å². The summed E-state index contributed by atoms with van der Waals surface area (Å²) in [4.78, 5) is 33.9. The summed E-state index contributed by atoms with van der Waals surface area (Å²) >= 11 is 10.1. The maximum Gasteiger partial charge on any atom is 0.303 e. The van der Waals surface area contributed by atoms with Crippen LogP contribution in [0.2, 0.25) is 0 Å². The van der Waals surface area contributed by atoms with Crippen LogP contribution >= 0.6 is 47.8 Å². The molecule has 0 aliphatic heterocycles. The fourth-order valence-electron chi connectivity index (χ4n) is 2.07. The number of esters is 3. The molecule has 3 atom stereocenters. The summed E-state index contributed by atoms with van der Waals surface area (Å²) in [7, 11) is 0. The molecule has 0 radical (unpaired) electrons. The Balaban J connectivity index is 3.19. The van der Waals surface area contributed by atoms with Crippen LogP contribution in [0.15, 0.2) is 11.6 Å². The van der Waals surface area contributed by atoms with Crippen molar-refractivity contribution in [2.45, 2.75) is 47.6 Å². The molecule has 1 aliphatic rings. The Hall–Kier alpha value is -0.410. The number of carbonyl (C=O) groups excluding carboxylic acids is 3. The van der Waals surface area contributed by atoms with Gasteiger partial charge in [0.15, 0.2) is 14.4 Å². The molecule has 0 amide bonds. The van der Waals surface area contributed by atoms with Crippen LogP contribution in [0.5, 0.6) is 0 Å². The number of rotatable bonds is 3. The normalized spacial score (nSPS) is 25.0. The molecular formula is C13H15Br3O6. The van der Waals surface area contributed by atoms with Crippen molar-refractivity contribution in [3.63, 3.8) is 0 Å². The molecule has 0 N–H and O–H groups in total. The zero-order chi connectivity index (χ0) is 17.1. The van der Waals surface area contributed by atoms with Gasteiger partial charge in [-0.3, -0.25) is 14.4 Å². The van der Waals surface area contributed by atoms with E-state index in [-0.39, 0.29) is 6.42 Å². The highest BCUT2D eigenvalue weighted by molar-refractivity contribution is 9.39. The minimum Gasteiger partial charge on any atom is -0.458 e. The molecule has 22 heavy (non-hydrogen) atoms. The van der Waals surface area contributed by atoms with Gasteiger partial charge < -0.3 is 14.2 Å². The van der Waals surface area contributed by atoms with Gasteiger partial charge in [0.2, 0.25) is 0 Å². The fraction of sp³-hybridized carbons (Fsp3) is 0.615. The smallest absolute Gasteiger partial charge is 0.303 e. The second kappa shape index (κ2) is 7.92. The summed E-state index contributed by atoms with van der Waals surface area (Å²) in [6, 6.07) is 0. The molecule has 0 unspecified atom stereocenters. The monoisotopic (exact) mass is 504 g/mol. The van der Waals surface area contributed by atoms with Crippen molar-refractivity contribution >= 4 is 65.7 Å². The number of halogens is 3. The van der Waals surface area contributed by atoms with E-state index in [0.717, 1.165) is 5.57 Å². The van der Waals surface area contributed by atoms with E-state index in [0.29, 0.717) is 0 Å². The third-order valence-corrected chi connectivity index (χ3v) is 4.29. The van der Waals surface area contributed by atoms with Crippen molar-refractivity contribution < 1.29 is 28.6 Å². The highest BCUT2D eigenvalue weighted by atomic mass is 80.0. The molecule has 0 saturated heterocycles. The molecular weight excluding hydrogens is 492 g/mol. The quantitative estimate of drug-likeness (QED) is 0.253. The van der Waals surface area contributed by atoms with Gasteiger partial charge in [0, 0.05) is 27.2 Å². The molecule has 0 heterocycles. The predicted octanol–water partition coefficient (Wildman–Crippen LogP) is 2.95. The standard InChI is InChI=1S/C13H15Br3O6/c1-6(17)20-10-4-9(13(14,15)16)5-11(21-7(2)18)12(10)22-8(3)19/h4,10-12H,5H2,1-3H3/t10-,11-,12-/m1/s1. The van der Waals surface area contributed by atoms with E-state index in [2.05, 4.69) is 47.8 Å². The second-order valence-electron chi connectivity index (χ2n) is 4.69. The lowest BCUT2D eigenvalue weighted by Gasteiger charge is -2.36. The molecule has 124 valence electrons. The molecule has 0 fully saturated rings. The van der Waals surface area contributed by atoms with E-state index in [4.69, 9.17) is 14.2 Å². The second-order valence-corrected chi connectivity index (χ2v) is 11.5. The Morgan fingerprint density at radius 1 is 1.00 bits per heavy atom. The lowest BCUT2D eigenvalue weighted by molar-refractivity contribution is -0.180. The molecule has 6 nitrogen and oxygen atoms in total. The molecule has 1 aliphatic carbocycles. The van der Waals surface area contributed by atoms with Crippen LogP contribution in [0.3, 0.4) is 0 Å². The van der Waals surface area contributed by atoms with Gasteiger partial charge in [0.1, 0.15) is 6.10 Å². The zero-order valence-corrected chi connectivity index (χ0v) is 16.9. The molecule has 0 aromatic rings. The fourth-order valence-corrected chi connectivity index (χ4v) is 2.95. The molecule has 0 aromatic heterocycles. The van der Waals surface area contributed by atoms with Gasteiger partial charge in [-0.25, -0.2) is 0 Å². The van der Waals surface area contributed by atoms with E-state index in [9.17, 15) is 14.4 Å². The van der Waals surface area contributed by atoms with Crippen molar-refractivity contribution in [2.24, 2.45) is 0 Å². The summed E-state index contributed by atoms with van der Waals surface area (Å²) in [5.41, 5.74) is 0.730. The highest BCUT2D eigenvalue weighted by Gasteiger charge is 2.43. The maximum absolute atomic E-state index is 11.3. The third kappa shape index (κ3) is 6.00. The summed E-state index contributed by atoms with van der Waals surface area (Å²) in [6.45, 7) is 3.74. The average molecular weight is 507 g/mol. The lowest BCUT2D eigenvalue weighted by Crippen LogP contribution is -2.47. The summed E-state index contributed by atoms with van der Waals surface area (Å²) in [5, 5.41) is 0. The summed E-state index contributed by atoms with van der Waals surface area (Å²) < 4.78 is 14.9. The lowest BCUT2D eigenvalue weighted by atomic mass is 9.92. The largest absolute Gasteiger partial charge is 0.458 e. The average Bonchev–Trinajstić information content (AvgIpc) is 2.29. The Labute approximate surface area is 153 Å². The van der Waals surface area contributed by atoms with Crippen LogP contribution in [0, 0.1) is 0 Å². The van der Waals surface area contributed by atoms with Crippen molar-refractivity contribution in [3.05, 3.63) is 11.6 Å². The number of ether oxygens (including phenoxy) is 3. The minimum absolute atomic E-state index is 0.289. The van der Waals surface area contributed by atoms with Gasteiger partial charge in [-0.05, 0) is 11.6 Å². The summed E-state index contributed by atoms with van der Waals surface area (Å²) in [5.74, 6) is -1.61. The van der Waals surface area contributed by atoms with E-state index >= 15 is 0 Å². The Morgan fingerprint density at radius 2 is 1.50 bits per heavy atom. The Morgan fingerprint density at radius 3 is 1.91 bits per heavy atom. The first-order chi connectivity index (χ1) is 10.0. The molecule has 0 spiro atoms. The molecule has 0 aromatic carbocycles. The molecule has 1 rings (SSSR count). The first-order valence-corrected chi connectivity index (χ1v) is 8.68. The van der Waals surface area contributed by atoms with Gasteiger partial charge in [0.25, 0.3) is 0 Å². The summed E-state index contributed by atoms with van der Waals surface area (Å²) in [6.07, 6.45) is -0.590. The zero-order valence-electron chi connectivity index (χ0n) is 12.1. The van der Waals surface area contributed by atoms with E-state index in [1.807, 2.05) is 0 Å². The minimum atomic E-state index is -0.899. The van der Waals surface area contributed by atoms with Crippen molar-refractivity contribution in [1.29, 1.82) is 0 Å². The first kappa shape index (κ1) is 19.6. The number of alkyl halides is 3. The Kier molecular flexibility index (Phi) is 7.07. The van der Waals surface area contributed by atoms with Crippen molar-refractivity contribution in [2.75, 3.05) is 0 Å². The SMILES string of the molecule is CC(=O)O[C@@H]1[C@H](OC(C)=O)C=C(C(Br)(Br)Br)C[C@H]1OC(C)=O. The van der Waals surface area contributed by atoms with Crippen LogP contribution in [0.1, 0.15) is 27.2 Å². The number of hydrogen-bond donors (Lipinski definition) is 0. The van der Waals surface area contributed by atoms with Gasteiger partial charge in [0.05, 0.1) is 0 Å². The van der Waals surface area contributed by atoms with Gasteiger partial charge >= 0.3 is 17.9 Å². The van der Waals surface area contributed by atoms with Crippen molar-refractivity contribution in [3.8, 4) is 0 Å². The van der Waals surface area contributed by atoms with Crippen LogP contribution < -0.4 is 0 Å². The molecule has 9 heteroatoms. The van der Waals surface area contributed by atoms with E-state index in [1.54, 1.807) is 6.08 Å². The molecule has 0 saturated carbocycles. The van der Waals surface area contributed by atoms with E-state index < -0.39 is 38.4 Å². The van der Waals surface area contributed by atoms with Crippen LogP contribution in [0.4, 0.5) is 0 Å². The highest BCUT2D eigenvalue weighted by Crippen LogP contribution is 2.45. The maximum atomic E-state index is 11.3. The number of hydrogen-bond acceptors (Lipinski definition) is 6. The topological polar surface area (TPSA) is 78.9 Å². The number of carbonyl (C=O) groups is 3. The predicted molar refractivity (Wildman–Crippen MR) is 88.9 cm³/mol.